The number of nitrogens with zero attached hydrogens (tertiary/aromatic N) is 1. The molecular weight excluding hydrogens is 546 g/mol. The Morgan fingerprint density at radius 1 is 0.644 bits per heavy atom. The second-order valence-electron chi connectivity index (χ2n) is 13.5. The zero-order valence-electron chi connectivity index (χ0n) is 26.4. The Kier molecular flexibility index (Phi) is 6.09. The van der Waals surface area contributed by atoms with Crippen LogP contribution in [0.3, 0.4) is 0 Å². The molecule has 2 aliphatic carbocycles. The lowest BCUT2D eigenvalue weighted by atomic mass is 9.75. The van der Waals surface area contributed by atoms with E-state index in [-0.39, 0.29) is 10.8 Å². The summed E-state index contributed by atoms with van der Waals surface area (Å²) in [4.78, 5) is 2.39. The first-order valence-corrected chi connectivity index (χ1v) is 15.9. The summed E-state index contributed by atoms with van der Waals surface area (Å²) in [6, 6.07) is 37.6. The number of para-hydroxylation sites is 2. The highest BCUT2D eigenvalue weighted by Crippen LogP contribution is 2.51. The summed E-state index contributed by atoms with van der Waals surface area (Å²) in [5.74, 6) is 0. The van der Waals surface area contributed by atoms with Gasteiger partial charge in [0.1, 0.15) is 5.58 Å². The number of fused-ring (bicyclic) bond motifs is 7. The fourth-order valence-corrected chi connectivity index (χ4v) is 7.46. The van der Waals surface area contributed by atoms with Gasteiger partial charge in [-0.15, -0.1) is 0 Å². The first kappa shape index (κ1) is 27.5. The average molecular weight is 584 g/mol. The Hall–Kier alpha value is -5.08. The molecule has 8 rings (SSSR count). The minimum Gasteiger partial charge on any atom is -0.454 e. The summed E-state index contributed by atoms with van der Waals surface area (Å²) in [7, 11) is 0. The highest BCUT2D eigenvalue weighted by molar-refractivity contribution is 6.10. The van der Waals surface area contributed by atoms with Crippen molar-refractivity contribution < 1.29 is 4.42 Å². The fraction of sp³-hybridized carbons (Fsp3) is 0.163. The lowest BCUT2D eigenvalue weighted by Crippen LogP contribution is -2.22. The second kappa shape index (κ2) is 9.97. The predicted molar refractivity (Wildman–Crippen MR) is 190 cm³/mol. The van der Waals surface area contributed by atoms with Gasteiger partial charge in [0.05, 0.1) is 5.69 Å². The van der Waals surface area contributed by atoms with E-state index in [2.05, 4.69) is 161 Å². The maximum Gasteiger partial charge on any atom is 0.159 e. The van der Waals surface area contributed by atoms with Crippen LogP contribution in [-0.4, -0.2) is 0 Å². The first-order chi connectivity index (χ1) is 21.7. The molecule has 0 saturated heterocycles. The Labute approximate surface area is 265 Å². The number of anilines is 3. The lowest BCUT2D eigenvalue weighted by molar-refractivity contribution is 0.635. The molecule has 45 heavy (non-hydrogen) atoms. The van der Waals surface area contributed by atoms with Gasteiger partial charge < -0.3 is 9.32 Å². The molecule has 0 bridgehead atoms. The minimum absolute atomic E-state index is 0.109. The second-order valence-corrected chi connectivity index (χ2v) is 13.5. The molecule has 1 heterocycles. The molecule has 0 saturated carbocycles. The van der Waals surface area contributed by atoms with Gasteiger partial charge in [-0.1, -0.05) is 125 Å². The summed E-state index contributed by atoms with van der Waals surface area (Å²) in [6.07, 6.45) is 9.49. The molecule has 2 heteroatoms. The number of allylic oxidation sites excluding steroid dienone is 5. The van der Waals surface area contributed by atoms with Gasteiger partial charge in [0.15, 0.2) is 5.58 Å². The van der Waals surface area contributed by atoms with Gasteiger partial charge >= 0.3 is 0 Å². The molecule has 2 nitrogen and oxygen atoms in total. The zero-order valence-corrected chi connectivity index (χ0v) is 26.4. The molecule has 6 aromatic rings. The highest BCUT2D eigenvalue weighted by Gasteiger charge is 2.36. The van der Waals surface area contributed by atoms with Gasteiger partial charge in [0, 0.05) is 33.0 Å². The molecule has 0 aliphatic heterocycles. The third-order valence-corrected chi connectivity index (χ3v) is 10.2. The summed E-state index contributed by atoms with van der Waals surface area (Å²) < 4.78 is 6.64. The van der Waals surface area contributed by atoms with Crippen LogP contribution in [0.25, 0.3) is 33.1 Å². The molecule has 0 N–H and O–H groups in total. The monoisotopic (exact) mass is 583 g/mol. The predicted octanol–water partition coefficient (Wildman–Crippen LogP) is 11.9. The van der Waals surface area contributed by atoms with Crippen molar-refractivity contribution in [1.29, 1.82) is 0 Å². The van der Waals surface area contributed by atoms with Crippen molar-refractivity contribution in [1.82, 2.24) is 0 Å². The molecule has 0 spiro atoms. The summed E-state index contributed by atoms with van der Waals surface area (Å²) in [5, 5.41) is 2.25. The van der Waals surface area contributed by atoms with Crippen molar-refractivity contribution in [3.63, 3.8) is 0 Å². The van der Waals surface area contributed by atoms with Crippen LogP contribution < -0.4 is 4.90 Å². The molecule has 0 atom stereocenters. The van der Waals surface area contributed by atoms with Crippen LogP contribution in [0.5, 0.6) is 0 Å². The van der Waals surface area contributed by atoms with E-state index in [1.165, 1.54) is 33.4 Å². The summed E-state index contributed by atoms with van der Waals surface area (Å²) >= 11 is 0. The van der Waals surface area contributed by atoms with Crippen molar-refractivity contribution in [2.24, 2.45) is 0 Å². The van der Waals surface area contributed by atoms with Crippen molar-refractivity contribution in [3.05, 3.63) is 162 Å². The Morgan fingerprint density at radius 3 is 2.22 bits per heavy atom. The van der Waals surface area contributed by atoms with Gasteiger partial charge in [-0.3, -0.25) is 0 Å². The van der Waals surface area contributed by atoms with Gasteiger partial charge in [0.2, 0.25) is 0 Å². The van der Waals surface area contributed by atoms with Gasteiger partial charge in [-0.2, -0.15) is 0 Å². The van der Waals surface area contributed by atoms with Gasteiger partial charge in [0.25, 0.3) is 0 Å². The van der Waals surface area contributed by atoms with E-state index in [1.807, 2.05) is 6.07 Å². The minimum atomic E-state index is -0.244. The van der Waals surface area contributed by atoms with E-state index in [1.54, 1.807) is 0 Å². The first-order valence-electron chi connectivity index (χ1n) is 15.9. The molecule has 2 aliphatic rings. The number of rotatable bonds is 3. The van der Waals surface area contributed by atoms with Crippen molar-refractivity contribution in [2.45, 2.75) is 44.9 Å². The number of benzene rings is 5. The molecule has 0 fully saturated rings. The maximum absolute atomic E-state index is 6.64. The van der Waals surface area contributed by atoms with Crippen LogP contribution >= 0.6 is 0 Å². The average Bonchev–Trinajstić information content (AvgIpc) is 3.55. The largest absolute Gasteiger partial charge is 0.454 e. The Morgan fingerprint density at radius 2 is 1.36 bits per heavy atom. The van der Waals surface area contributed by atoms with Crippen molar-refractivity contribution in [2.75, 3.05) is 4.90 Å². The fourth-order valence-electron chi connectivity index (χ4n) is 7.46. The number of hydrogen-bond acceptors (Lipinski definition) is 2. The molecule has 0 amide bonds. The zero-order chi connectivity index (χ0) is 30.9. The standard InChI is InChI=1S/C43H37NO/c1-28-14-7-6-8-15-29-22-23-30(26-37(29)42(28,2)3)44(39-20-13-18-35-34-17-10-12-21-40(34)45-41(35)39)31-24-25-33-32-16-9-11-19-36(32)43(4,5)38(33)27-31/h6-14,16-27H,1,15H2,2-5H3/b8-6-,14-7-. The maximum atomic E-state index is 6.64. The van der Waals surface area contributed by atoms with E-state index in [0.717, 1.165) is 51.0 Å². The van der Waals surface area contributed by atoms with E-state index in [9.17, 15) is 0 Å². The van der Waals surface area contributed by atoms with E-state index >= 15 is 0 Å². The molecule has 0 radical (unpaired) electrons. The topological polar surface area (TPSA) is 16.4 Å². The van der Waals surface area contributed by atoms with Crippen LogP contribution in [-0.2, 0) is 17.3 Å². The molecule has 5 aromatic carbocycles. The van der Waals surface area contributed by atoms with Gasteiger partial charge in [-0.25, -0.2) is 0 Å². The van der Waals surface area contributed by atoms with Crippen LogP contribution in [0.4, 0.5) is 17.1 Å². The Bertz CT molecular complexity index is 2220. The number of hydrogen-bond donors (Lipinski definition) is 0. The molecular formula is C43H37NO. The van der Waals surface area contributed by atoms with E-state index in [4.69, 9.17) is 4.42 Å². The van der Waals surface area contributed by atoms with Crippen LogP contribution in [0.2, 0.25) is 0 Å². The third-order valence-electron chi connectivity index (χ3n) is 10.2. The third kappa shape index (κ3) is 4.16. The summed E-state index contributed by atoms with van der Waals surface area (Å²) in [5.41, 5.74) is 13.7. The smallest absolute Gasteiger partial charge is 0.159 e. The molecule has 1 aromatic heterocycles. The molecule has 220 valence electrons. The van der Waals surface area contributed by atoms with Crippen LogP contribution in [0, 0.1) is 0 Å². The van der Waals surface area contributed by atoms with Crippen LogP contribution in [0.1, 0.15) is 49.9 Å². The van der Waals surface area contributed by atoms with Crippen molar-refractivity contribution >= 4 is 39.0 Å². The lowest BCUT2D eigenvalue weighted by Gasteiger charge is -2.32. The van der Waals surface area contributed by atoms with Crippen molar-refractivity contribution in [3.8, 4) is 11.1 Å². The quantitative estimate of drug-likeness (QED) is 0.206. The Balaban J connectivity index is 1.39. The van der Waals surface area contributed by atoms with E-state index in [0.29, 0.717) is 0 Å². The van der Waals surface area contributed by atoms with Gasteiger partial charge in [-0.05, 0) is 81.8 Å². The normalized spacial score (nSPS) is 17.6. The van der Waals surface area contributed by atoms with Crippen LogP contribution in [0.15, 0.2) is 144 Å². The SMILES string of the molecule is C=C1/C=C\C=C/Cc2ccc(N(c3ccc4c(c3)C(C)(C)c3ccccc3-4)c3cccc4c3oc3ccccc34)cc2C1(C)C. The molecule has 0 unspecified atom stereocenters. The number of furan rings is 1. The summed E-state index contributed by atoms with van der Waals surface area (Å²) in [6.45, 7) is 13.7. The van der Waals surface area contributed by atoms with E-state index < -0.39 is 0 Å². The highest BCUT2D eigenvalue weighted by atomic mass is 16.3.